The number of aromatic nitrogens is 1. The lowest BCUT2D eigenvalue weighted by Gasteiger charge is -2.10. The molecular formula is C14H18N2OS. The van der Waals surface area contributed by atoms with E-state index in [1.807, 2.05) is 37.6 Å². The zero-order valence-corrected chi connectivity index (χ0v) is 11.6. The van der Waals surface area contributed by atoms with E-state index >= 15 is 0 Å². The van der Waals surface area contributed by atoms with Crippen molar-refractivity contribution in [3.8, 4) is 5.75 Å². The highest BCUT2D eigenvalue weighted by Crippen LogP contribution is 2.18. The van der Waals surface area contributed by atoms with Gasteiger partial charge in [-0.15, -0.1) is 11.3 Å². The summed E-state index contributed by atoms with van der Waals surface area (Å²) in [4.78, 5) is 5.54. The quantitative estimate of drug-likeness (QED) is 0.868. The van der Waals surface area contributed by atoms with Crippen molar-refractivity contribution >= 4 is 11.3 Å². The average Bonchev–Trinajstić information content (AvgIpc) is 2.78. The Morgan fingerprint density at radius 2 is 2.11 bits per heavy atom. The van der Waals surface area contributed by atoms with Crippen LogP contribution in [0.1, 0.15) is 23.1 Å². The van der Waals surface area contributed by atoms with E-state index in [-0.39, 0.29) is 0 Å². The van der Waals surface area contributed by atoms with Crippen molar-refractivity contribution in [2.45, 2.75) is 26.9 Å². The fraction of sp³-hybridized carbons (Fsp3) is 0.357. The van der Waals surface area contributed by atoms with Gasteiger partial charge in [-0.1, -0.05) is 18.2 Å². The number of aryl methyl sites for hydroxylation is 1. The second-order valence-corrected chi connectivity index (χ2v) is 4.94. The molecule has 0 aliphatic heterocycles. The van der Waals surface area contributed by atoms with E-state index in [4.69, 9.17) is 4.74 Å². The van der Waals surface area contributed by atoms with Crippen LogP contribution in [-0.4, -0.2) is 11.6 Å². The molecule has 0 amide bonds. The Morgan fingerprint density at radius 3 is 2.83 bits per heavy atom. The number of thiazole rings is 1. The summed E-state index contributed by atoms with van der Waals surface area (Å²) >= 11 is 1.69. The summed E-state index contributed by atoms with van der Waals surface area (Å²) in [7, 11) is 0. The molecule has 18 heavy (non-hydrogen) atoms. The summed E-state index contributed by atoms with van der Waals surface area (Å²) in [5.74, 6) is 0.966. The number of nitrogens with zero attached hydrogens (tertiary/aromatic N) is 1. The highest BCUT2D eigenvalue weighted by Gasteiger charge is 2.04. The van der Waals surface area contributed by atoms with E-state index in [1.54, 1.807) is 11.3 Å². The lowest BCUT2D eigenvalue weighted by atomic mass is 10.2. The highest BCUT2D eigenvalue weighted by atomic mass is 32.1. The van der Waals surface area contributed by atoms with Gasteiger partial charge in [0.15, 0.2) is 0 Å². The number of ether oxygens (including phenoxy) is 1. The Labute approximate surface area is 112 Å². The minimum Gasteiger partial charge on any atom is -0.494 e. The van der Waals surface area contributed by atoms with Crippen molar-refractivity contribution < 1.29 is 4.74 Å². The van der Waals surface area contributed by atoms with E-state index in [9.17, 15) is 0 Å². The maximum absolute atomic E-state index is 5.60. The minimum absolute atomic E-state index is 0.699. The standard InChI is InChI=1S/C14H18N2OS/c1-3-17-13-7-5-4-6-12(13)8-15-9-14-11(2)16-10-18-14/h4-7,10,15H,3,8-9H2,1-2H3. The van der Waals surface area contributed by atoms with Crippen LogP contribution in [-0.2, 0) is 13.1 Å². The van der Waals surface area contributed by atoms with Crippen LogP contribution in [0.5, 0.6) is 5.75 Å². The van der Waals surface area contributed by atoms with Gasteiger partial charge < -0.3 is 10.1 Å². The molecular weight excluding hydrogens is 244 g/mol. The molecule has 1 aromatic heterocycles. The number of hydrogen-bond acceptors (Lipinski definition) is 4. The summed E-state index contributed by atoms with van der Waals surface area (Å²) in [6.45, 7) is 6.42. The zero-order chi connectivity index (χ0) is 12.8. The van der Waals surface area contributed by atoms with Crippen molar-refractivity contribution in [2.75, 3.05) is 6.61 Å². The van der Waals surface area contributed by atoms with E-state index in [1.165, 1.54) is 10.4 Å². The molecule has 0 saturated heterocycles. The molecule has 4 heteroatoms. The summed E-state index contributed by atoms with van der Waals surface area (Å²) in [5, 5.41) is 3.43. The number of para-hydroxylation sites is 1. The smallest absolute Gasteiger partial charge is 0.123 e. The molecule has 0 atom stereocenters. The van der Waals surface area contributed by atoms with Crippen molar-refractivity contribution in [1.29, 1.82) is 0 Å². The molecule has 0 spiro atoms. The number of nitrogens with one attached hydrogen (secondary N) is 1. The second-order valence-electron chi connectivity index (χ2n) is 4.01. The van der Waals surface area contributed by atoms with Crippen LogP contribution >= 0.6 is 11.3 Å². The molecule has 0 aliphatic carbocycles. The molecule has 2 rings (SSSR count). The molecule has 1 heterocycles. The maximum atomic E-state index is 5.60. The Hall–Kier alpha value is -1.39. The van der Waals surface area contributed by atoms with Crippen LogP contribution < -0.4 is 10.1 Å². The largest absolute Gasteiger partial charge is 0.494 e. The number of hydrogen-bond donors (Lipinski definition) is 1. The average molecular weight is 262 g/mol. The highest BCUT2D eigenvalue weighted by molar-refractivity contribution is 7.09. The first-order valence-electron chi connectivity index (χ1n) is 6.11. The van der Waals surface area contributed by atoms with Gasteiger partial charge in [-0.25, -0.2) is 4.98 Å². The molecule has 2 aromatic rings. The van der Waals surface area contributed by atoms with Gasteiger partial charge in [-0.05, 0) is 19.9 Å². The first-order valence-corrected chi connectivity index (χ1v) is 6.99. The van der Waals surface area contributed by atoms with E-state index < -0.39 is 0 Å². The van der Waals surface area contributed by atoms with Gasteiger partial charge in [0.1, 0.15) is 5.75 Å². The topological polar surface area (TPSA) is 34.1 Å². The summed E-state index contributed by atoms with van der Waals surface area (Å²) in [5.41, 5.74) is 4.20. The monoisotopic (exact) mass is 262 g/mol. The molecule has 0 bridgehead atoms. The lowest BCUT2D eigenvalue weighted by Crippen LogP contribution is -2.13. The van der Waals surface area contributed by atoms with Gasteiger partial charge >= 0.3 is 0 Å². The van der Waals surface area contributed by atoms with E-state index in [2.05, 4.69) is 16.4 Å². The molecule has 1 aromatic carbocycles. The molecule has 0 radical (unpaired) electrons. The molecule has 0 unspecified atom stereocenters. The first kappa shape index (κ1) is 13.1. The third kappa shape index (κ3) is 3.31. The molecule has 1 N–H and O–H groups in total. The van der Waals surface area contributed by atoms with Crippen LogP contribution in [0.2, 0.25) is 0 Å². The third-order valence-corrected chi connectivity index (χ3v) is 3.65. The fourth-order valence-electron chi connectivity index (χ4n) is 1.75. The Kier molecular flexibility index (Phi) is 4.73. The molecule has 0 aliphatic rings. The summed E-state index contributed by atoms with van der Waals surface area (Å²) < 4.78 is 5.60. The van der Waals surface area contributed by atoms with Gasteiger partial charge in [0, 0.05) is 23.5 Å². The lowest BCUT2D eigenvalue weighted by molar-refractivity contribution is 0.335. The van der Waals surface area contributed by atoms with Crippen molar-refractivity contribution in [2.24, 2.45) is 0 Å². The van der Waals surface area contributed by atoms with Gasteiger partial charge in [0.05, 0.1) is 17.8 Å². The van der Waals surface area contributed by atoms with Crippen molar-refractivity contribution in [3.05, 3.63) is 45.9 Å². The predicted octanol–water partition coefficient (Wildman–Crippen LogP) is 3.14. The number of rotatable bonds is 6. The van der Waals surface area contributed by atoms with Gasteiger partial charge in [0.25, 0.3) is 0 Å². The normalized spacial score (nSPS) is 10.6. The minimum atomic E-state index is 0.699. The van der Waals surface area contributed by atoms with Crippen LogP contribution in [0.3, 0.4) is 0 Å². The van der Waals surface area contributed by atoms with Crippen molar-refractivity contribution in [3.63, 3.8) is 0 Å². The van der Waals surface area contributed by atoms with E-state index in [0.29, 0.717) is 6.61 Å². The van der Waals surface area contributed by atoms with Gasteiger partial charge in [-0.3, -0.25) is 0 Å². The third-order valence-electron chi connectivity index (χ3n) is 2.72. The maximum Gasteiger partial charge on any atom is 0.123 e. The van der Waals surface area contributed by atoms with E-state index in [0.717, 1.165) is 24.5 Å². The van der Waals surface area contributed by atoms with Crippen LogP contribution in [0.15, 0.2) is 29.8 Å². The predicted molar refractivity (Wildman–Crippen MR) is 75.0 cm³/mol. The summed E-state index contributed by atoms with van der Waals surface area (Å²) in [6, 6.07) is 8.15. The molecule has 0 fully saturated rings. The van der Waals surface area contributed by atoms with Gasteiger partial charge in [-0.2, -0.15) is 0 Å². The Bertz CT molecular complexity index is 496. The Balaban J connectivity index is 1.92. The SMILES string of the molecule is CCOc1ccccc1CNCc1scnc1C. The Morgan fingerprint density at radius 1 is 1.28 bits per heavy atom. The zero-order valence-electron chi connectivity index (χ0n) is 10.8. The summed E-state index contributed by atoms with van der Waals surface area (Å²) in [6.07, 6.45) is 0. The van der Waals surface area contributed by atoms with Crippen molar-refractivity contribution in [1.82, 2.24) is 10.3 Å². The first-order chi connectivity index (χ1) is 8.81. The fourth-order valence-corrected chi connectivity index (χ4v) is 2.50. The van der Waals surface area contributed by atoms with Crippen LogP contribution in [0.4, 0.5) is 0 Å². The number of benzene rings is 1. The molecule has 3 nitrogen and oxygen atoms in total. The molecule has 96 valence electrons. The second kappa shape index (κ2) is 6.52. The molecule has 0 saturated carbocycles. The van der Waals surface area contributed by atoms with Gasteiger partial charge in [0.2, 0.25) is 0 Å². The van der Waals surface area contributed by atoms with Crippen LogP contribution in [0.25, 0.3) is 0 Å². The van der Waals surface area contributed by atoms with Crippen LogP contribution in [0, 0.1) is 6.92 Å².